The number of hydrogen-bond donors (Lipinski definition) is 3. The standard InChI is InChI=1S/C16H28N4O2/c1-7-16(8-2)13(9(3)14(16)22-6)18-15(21)17-12-10(4)19-20-11(12)5/h9,13-14H,7-8H2,1-6H3,(H,19,20)(H2,17,18,21). The fraction of sp³-hybridized carbons (Fsp3) is 0.750. The van der Waals surface area contributed by atoms with Gasteiger partial charge in [-0.2, -0.15) is 5.10 Å². The molecule has 1 aliphatic carbocycles. The van der Waals surface area contributed by atoms with Gasteiger partial charge in [-0.15, -0.1) is 0 Å². The van der Waals surface area contributed by atoms with E-state index in [0.29, 0.717) is 5.92 Å². The van der Waals surface area contributed by atoms with Crippen LogP contribution in [0.1, 0.15) is 45.0 Å². The lowest BCUT2D eigenvalue weighted by molar-refractivity contribution is -0.163. The summed E-state index contributed by atoms with van der Waals surface area (Å²) < 4.78 is 5.67. The number of ether oxygens (including phenoxy) is 1. The molecular weight excluding hydrogens is 280 g/mol. The molecule has 2 rings (SSSR count). The number of nitrogens with one attached hydrogen (secondary N) is 3. The fourth-order valence-corrected chi connectivity index (χ4v) is 4.12. The highest BCUT2D eigenvalue weighted by molar-refractivity contribution is 5.90. The number of anilines is 1. The Morgan fingerprint density at radius 1 is 1.36 bits per heavy atom. The average Bonchev–Trinajstić information content (AvgIpc) is 2.81. The number of carbonyl (C=O) groups excluding carboxylic acids is 1. The molecule has 3 unspecified atom stereocenters. The minimum Gasteiger partial charge on any atom is -0.380 e. The minimum absolute atomic E-state index is 0.0198. The van der Waals surface area contributed by atoms with Crippen molar-refractivity contribution < 1.29 is 9.53 Å². The highest BCUT2D eigenvalue weighted by Gasteiger charge is 2.58. The summed E-state index contributed by atoms with van der Waals surface area (Å²) in [5.41, 5.74) is 2.43. The van der Waals surface area contributed by atoms with Crippen molar-refractivity contribution in [3.63, 3.8) is 0 Å². The highest BCUT2D eigenvalue weighted by Crippen LogP contribution is 2.52. The Bertz CT molecular complexity index is 517. The minimum atomic E-state index is -0.176. The normalized spacial score (nSPS) is 26.4. The average molecular weight is 308 g/mol. The van der Waals surface area contributed by atoms with Crippen molar-refractivity contribution in [3.05, 3.63) is 11.4 Å². The first kappa shape index (κ1) is 16.8. The van der Waals surface area contributed by atoms with Gasteiger partial charge in [-0.1, -0.05) is 20.8 Å². The molecule has 1 saturated carbocycles. The summed E-state index contributed by atoms with van der Waals surface area (Å²) in [7, 11) is 1.76. The van der Waals surface area contributed by atoms with E-state index in [-0.39, 0.29) is 23.6 Å². The van der Waals surface area contributed by atoms with Crippen molar-refractivity contribution in [2.75, 3.05) is 12.4 Å². The Labute approximate surface area is 132 Å². The van der Waals surface area contributed by atoms with Gasteiger partial charge in [0.15, 0.2) is 0 Å². The summed E-state index contributed by atoms with van der Waals surface area (Å²) in [5, 5.41) is 13.0. The van der Waals surface area contributed by atoms with Crippen LogP contribution < -0.4 is 10.6 Å². The number of amides is 2. The van der Waals surface area contributed by atoms with Crippen molar-refractivity contribution in [2.45, 2.75) is 59.6 Å². The number of urea groups is 1. The highest BCUT2D eigenvalue weighted by atomic mass is 16.5. The molecule has 3 N–H and O–H groups in total. The zero-order valence-electron chi connectivity index (χ0n) is 14.4. The number of H-pyrrole nitrogens is 1. The maximum Gasteiger partial charge on any atom is 0.319 e. The molecule has 3 atom stereocenters. The van der Waals surface area contributed by atoms with Gasteiger partial charge in [-0.3, -0.25) is 5.10 Å². The van der Waals surface area contributed by atoms with Gasteiger partial charge in [-0.25, -0.2) is 4.79 Å². The molecule has 0 bridgehead atoms. The second-order valence-electron chi connectivity index (χ2n) is 6.34. The molecule has 1 heterocycles. The van der Waals surface area contributed by atoms with Crippen LogP contribution in [0.15, 0.2) is 0 Å². The second kappa shape index (κ2) is 6.28. The van der Waals surface area contributed by atoms with Crippen LogP contribution in [0.4, 0.5) is 10.5 Å². The van der Waals surface area contributed by atoms with Crippen LogP contribution in [0.25, 0.3) is 0 Å². The topological polar surface area (TPSA) is 79.0 Å². The van der Waals surface area contributed by atoms with Crippen LogP contribution in [0.3, 0.4) is 0 Å². The Morgan fingerprint density at radius 2 is 2.00 bits per heavy atom. The van der Waals surface area contributed by atoms with Crippen LogP contribution in [0.5, 0.6) is 0 Å². The Hall–Kier alpha value is -1.56. The number of carbonyl (C=O) groups is 1. The molecule has 6 heteroatoms. The van der Waals surface area contributed by atoms with Crippen LogP contribution in [-0.2, 0) is 4.74 Å². The summed E-state index contributed by atoms with van der Waals surface area (Å²) in [4.78, 5) is 12.4. The van der Waals surface area contributed by atoms with Crippen molar-refractivity contribution in [1.82, 2.24) is 15.5 Å². The number of nitrogens with zero attached hydrogens (tertiary/aromatic N) is 1. The number of rotatable bonds is 5. The second-order valence-corrected chi connectivity index (χ2v) is 6.34. The summed E-state index contributed by atoms with van der Waals surface area (Å²) in [5.74, 6) is 0.308. The molecule has 0 spiro atoms. The summed E-state index contributed by atoms with van der Waals surface area (Å²) in [6, 6.07) is -0.0507. The van der Waals surface area contributed by atoms with Crippen LogP contribution >= 0.6 is 0 Å². The molecule has 22 heavy (non-hydrogen) atoms. The van der Waals surface area contributed by atoms with E-state index in [1.807, 2.05) is 13.8 Å². The molecule has 1 fully saturated rings. The lowest BCUT2D eigenvalue weighted by atomic mass is 9.53. The molecule has 6 nitrogen and oxygen atoms in total. The Balaban J connectivity index is 2.08. The number of methoxy groups -OCH3 is 1. The van der Waals surface area contributed by atoms with Crippen molar-refractivity contribution in [1.29, 1.82) is 0 Å². The molecule has 2 amide bonds. The lowest BCUT2D eigenvalue weighted by Crippen LogP contribution is -2.70. The molecular formula is C16H28N4O2. The van der Waals surface area contributed by atoms with Gasteiger partial charge in [0.25, 0.3) is 0 Å². The van der Waals surface area contributed by atoms with Gasteiger partial charge in [0.2, 0.25) is 0 Å². The number of aromatic nitrogens is 2. The summed E-state index contributed by atoms with van der Waals surface area (Å²) in [6.07, 6.45) is 2.17. The molecule has 0 saturated heterocycles. The van der Waals surface area contributed by atoms with Crippen LogP contribution in [0, 0.1) is 25.2 Å². The third-order valence-electron chi connectivity index (χ3n) is 5.41. The molecule has 1 aliphatic rings. The number of hydrogen-bond acceptors (Lipinski definition) is 3. The largest absolute Gasteiger partial charge is 0.380 e. The van der Waals surface area contributed by atoms with Crippen molar-refractivity contribution in [3.8, 4) is 0 Å². The van der Waals surface area contributed by atoms with E-state index in [1.165, 1.54) is 0 Å². The first-order valence-electron chi connectivity index (χ1n) is 8.03. The van der Waals surface area contributed by atoms with E-state index in [9.17, 15) is 4.79 Å². The van der Waals surface area contributed by atoms with E-state index in [4.69, 9.17) is 4.74 Å². The van der Waals surface area contributed by atoms with Crippen LogP contribution in [-0.4, -0.2) is 35.5 Å². The molecule has 0 radical (unpaired) electrons. The molecule has 1 aromatic heterocycles. The van der Waals surface area contributed by atoms with Crippen molar-refractivity contribution in [2.24, 2.45) is 11.3 Å². The molecule has 0 aliphatic heterocycles. The maximum atomic E-state index is 12.4. The van der Waals surface area contributed by atoms with E-state index in [0.717, 1.165) is 29.9 Å². The van der Waals surface area contributed by atoms with E-state index in [2.05, 4.69) is 41.6 Å². The third-order valence-corrected chi connectivity index (χ3v) is 5.41. The van der Waals surface area contributed by atoms with Gasteiger partial charge in [0, 0.05) is 24.5 Å². The van der Waals surface area contributed by atoms with Gasteiger partial charge < -0.3 is 15.4 Å². The first-order chi connectivity index (χ1) is 10.4. The first-order valence-corrected chi connectivity index (χ1v) is 8.03. The van der Waals surface area contributed by atoms with E-state index >= 15 is 0 Å². The zero-order chi connectivity index (χ0) is 16.5. The van der Waals surface area contributed by atoms with E-state index < -0.39 is 0 Å². The van der Waals surface area contributed by atoms with Gasteiger partial charge in [0.1, 0.15) is 0 Å². The Kier molecular flexibility index (Phi) is 4.80. The summed E-state index contributed by atoms with van der Waals surface area (Å²) >= 11 is 0. The fourth-order valence-electron chi connectivity index (χ4n) is 4.12. The summed E-state index contributed by atoms with van der Waals surface area (Å²) in [6.45, 7) is 10.2. The number of aromatic amines is 1. The third kappa shape index (κ3) is 2.49. The zero-order valence-corrected chi connectivity index (χ0v) is 14.4. The van der Waals surface area contributed by atoms with Gasteiger partial charge in [0.05, 0.1) is 23.2 Å². The molecule has 124 valence electrons. The Morgan fingerprint density at radius 3 is 2.45 bits per heavy atom. The quantitative estimate of drug-likeness (QED) is 0.782. The van der Waals surface area contributed by atoms with Gasteiger partial charge in [-0.05, 0) is 26.7 Å². The van der Waals surface area contributed by atoms with Crippen molar-refractivity contribution >= 4 is 11.7 Å². The smallest absolute Gasteiger partial charge is 0.319 e. The van der Waals surface area contributed by atoms with Gasteiger partial charge >= 0.3 is 6.03 Å². The predicted molar refractivity (Wildman–Crippen MR) is 87.0 cm³/mol. The SMILES string of the molecule is CCC1(CC)C(NC(=O)Nc2c(C)n[nH]c2C)C(C)C1OC. The van der Waals surface area contributed by atoms with Crippen LogP contribution in [0.2, 0.25) is 0 Å². The number of aryl methyl sites for hydroxylation is 2. The predicted octanol–water partition coefficient (Wildman–Crippen LogP) is 2.99. The monoisotopic (exact) mass is 308 g/mol. The van der Waals surface area contributed by atoms with E-state index in [1.54, 1.807) is 7.11 Å². The molecule has 0 aromatic carbocycles. The molecule has 1 aromatic rings. The maximum absolute atomic E-state index is 12.4. The lowest BCUT2D eigenvalue weighted by Gasteiger charge is -2.59.